The molecule has 1 aromatic carbocycles. The number of rotatable bonds is 3. The van der Waals surface area contributed by atoms with Gasteiger partial charge in [0.1, 0.15) is 0 Å². The van der Waals surface area contributed by atoms with Crippen LogP contribution in [0.3, 0.4) is 0 Å². The molecule has 0 spiro atoms. The van der Waals surface area contributed by atoms with Crippen molar-refractivity contribution < 1.29 is 4.79 Å². The van der Waals surface area contributed by atoms with Crippen molar-refractivity contribution in [2.45, 2.75) is 6.54 Å². The minimum Gasteiger partial charge on any atom is -0.292 e. The van der Waals surface area contributed by atoms with Gasteiger partial charge in [-0.15, -0.1) is 0 Å². The molecule has 0 unspecified atom stereocenters. The first-order valence-corrected chi connectivity index (χ1v) is 6.57. The summed E-state index contributed by atoms with van der Waals surface area (Å²) >= 11 is 1.16. The van der Waals surface area contributed by atoms with Crippen LogP contribution in [0, 0.1) is 0 Å². The molecule has 5 nitrogen and oxygen atoms in total. The van der Waals surface area contributed by atoms with E-state index in [9.17, 15) is 9.59 Å². The lowest BCUT2D eigenvalue weighted by Crippen LogP contribution is -2.19. The van der Waals surface area contributed by atoms with Crippen molar-refractivity contribution >= 4 is 27.3 Å². The Kier molecular flexibility index (Phi) is 2.79. The monoisotopic (exact) mass is 273 g/mol. The highest BCUT2D eigenvalue weighted by molar-refractivity contribution is 7.16. The zero-order valence-electron chi connectivity index (χ0n) is 10.2. The molecule has 0 saturated heterocycles. The molecule has 3 aromatic rings. The first kappa shape index (κ1) is 11.9. The van der Waals surface area contributed by atoms with Crippen LogP contribution in [-0.2, 0) is 13.6 Å². The number of fused-ring (bicyclic) bond motifs is 1. The number of Topliss-reactive ketones (excluding diaryl/α,β-unsaturated/α-hetero) is 1. The van der Waals surface area contributed by atoms with Crippen molar-refractivity contribution in [1.29, 1.82) is 0 Å². The third-order valence-electron chi connectivity index (χ3n) is 2.90. The maximum absolute atomic E-state index is 12.1. The van der Waals surface area contributed by atoms with E-state index in [1.165, 1.54) is 10.8 Å². The van der Waals surface area contributed by atoms with Crippen LogP contribution in [0.2, 0.25) is 0 Å². The molecule has 3 rings (SSSR count). The number of aromatic nitrogens is 3. The summed E-state index contributed by atoms with van der Waals surface area (Å²) in [6.07, 6.45) is 3.17. The third kappa shape index (κ3) is 2.10. The molecular weight excluding hydrogens is 262 g/mol. The van der Waals surface area contributed by atoms with Gasteiger partial charge in [-0.25, -0.2) is 0 Å². The number of benzene rings is 1. The summed E-state index contributed by atoms with van der Waals surface area (Å²) in [5.41, 5.74) is 1.32. The number of carbonyl (C=O) groups is 1. The second-order valence-corrected chi connectivity index (χ2v) is 5.24. The molecule has 0 aliphatic carbocycles. The highest BCUT2D eigenvalue weighted by Gasteiger charge is 2.13. The van der Waals surface area contributed by atoms with Gasteiger partial charge in [0.2, 0.25) is 0 Å². The predicted molar refractivity (Wildman–Crippen MR) is 73.6 cm³/mol. The van der Waals surface area contributed by atoms with Crippen molar-refractivity contribution in [1.82, 2.24) is 14.3 Å². The Morgan fingerprint density at radius 3 is 2.89 bits per heavy atom. The van der Waals surface area contributed by atoms with E-state index >= 15 is 0 Å². The average molecular weight is 273 g/mol. The van der Waals surface area contributed by atoms with Crippen molar-refractivity contribution in [3.8, 4) is 0 Å². The topological polar surface area (TPSA) is 56.9 Å². The molecule has 0 fully saturated rings. The molecule has 2 heterocycles. The molecule has 0 atom stereocenters. The third-order valence-corrected chi connectivity index (χ3v) is 3.86. The van der Waals surface area contributed by atoms with E-state index < -0.39 is 0 Å². The first-order valence-electron chi connectivity index (χ1n) is 5.75. The fourth-order valence-corrected chi connectivity index (χ4v) is 2.85. The summed E-state index contributed by atoms with van der Waals surface area (Å²) in [5.74, 6) is -0.112. The Morgan fingerprint density at radius 1 is 1.37 bits per heavy atom. The van der Waals surface area contributed by atoms with E-state index in [1.807, 2.05) is 24.3 Å². The molecule has 19 heavy (non-hydrogen) atoms. The zero-order chi connectivity index (χ0) is 13.4. The van der Waals surface area contributed by atoms with E-state index in [0.29, 0.717) is 5.56 Å². The molecule has 0 aliphatic rings. The fraction of sp³-hybridized carbons (Fsp3) is 0.154. The van der Waals surface area contributed by atoms with Crippen LogP contribution in [0.1, 0.15) is 10.4 Å². The van der Waals surface area contributed by atoms with Crippen LogP contribution in [-0.4, -0.2) is 20.1 Å². The smallest absolute Gasteiger partial charge is 0.292 e. The van der Waals surface area contributed by atoms with E-state index in [4.69, 9.17) is 0 Å². The zero-order valence-corrected chi connectivity index (χ0v) is 11.1. The van der Waals surface area contributed by atoms with Crippen LogP contribution in [0.5, 0.6) is 0 Å². The normalized spacial score (nSPS) is 11.0. The number of hydrogen-bond acceptors (Lipinski definition) is 4. The van der Waals surface area contributed by atoms with Crippen LogP contribution >= 0.6 is 11.3 Å². The van der Waals surface area contributed by atoms with Gasteiger partial charge in [-0.2, -0.15) is 5.10 Å². The van der Waals surface area contributed by atoms with Crippen molar-refractivity contribution in [3.63, 3.8) is 0 Å². The van der Waals surface area contributed by atoms with Gasteiger partial charge in [-0.05, 0) is 12.1 Å². The lowest BCUT2D eigenvalue weighted by molar-refractivity contribution is 0.0973. The first-order chi connectivity index (χ1) is 9.15. The summed E-state index contributed by atoms with van der Waals surface area (Å²) in [7, 11) is 1.75. The Labute approximate surface area is 112 Å². The largest absolute Gasteiger partial charge is 0.308 e. The van der Waals surface area contributed by atoms with E-state index in [0.717, 1.165) is 21.6 Å². The molecule has 0 saturated carbocycles. The van der Waals surface area contributed by atoms with E-state index in [-0.39, 0.29) is 17.2 Å². The van der Waals surface area contributed by atoms with Crippen LogP contribution < -0.4 is 4.87 Å². The summed E-state index contributed by atoms with van der Waals surface area (Å²) < 4.78 is 3.98. The van der Waals surface area contributed by atoms with Gasteiger partial charge in [0.25, 0.3) is 0 Å². The van der Waals surface area contributed by atoms with Crippen molar-refractivity contribution in [3.05, 3.63) is 51.9 Å². The number of carbonyl (C=O) groups excluding carboxylic acids is 1. The quantitative estimate of drug-likeness (QED) is 0.682. The summed E-state index contributed by atoms with van der Waals surface area (Å²) in [4.78, 5) is 23.9. The van der Waals surface area contributed by atoms with Crippen LogP contribution in [0.25, 0.3) is 10.2 Å². The second kappa shape index (κ2) is 4.47. The molecule has 0 aliphatic heterocycles. The van der Waals surface area contributed by atoms with E-state index in [2.05, 4.69) is 5.10 Å². The predicted octanol–water partition coefficient (Wildman–Crippen LogP) is 1.68. The average Bonchev–Trinajstić information content (AvgIpc) is 2.95. The molecule has 0 N–H and O–H groups in total. The minimum absolute atomic E-state index is 0.0501. The van der Waals surface area contributed by atoms with Gasteiger partial charge < -0.3 is 0 Å². The molecule has 6 heteroatoms. The summed E-state index contributed by atoms with van der Waals surface area (Å²) in [6, 6.07) is 7.47. The number of ketones is 1. The minimum atomic E-state index is -0.113. The van der Waals surface area contributed by atoms with Gasteiger partial charge in [0.05, 0.1) is 28.5 Å². The lowest BCUT2D eigenvalue weighted by atomic mass is 10.2. The maximum atomic E-state index is 12.1. The molecule has 2 aromatic heterocycles. The number of para-hydroxylation sites is 1. The SMILES string of the molecule is Cn1cc(C(=O)Cn2c(=O)sc3ccccc32)cn1. The van der Waals surface area contributed by atoms with Crippen LogP contribution in [0.15, 0.2) is 41.5 Å². The number of nitrogens with zero attached hydrogens (tertiary/aromatic N) is 3. The molecule has 0 amide bonds. The molecular formula is C13H11N3O2S. The van der Waals surface area contributed by atoms with Crippen molar-refractivity contribution in [2.24, 2.45) is 7.05 Å². The van der Waals surface area contributed by atoms with Gasteiger partial charge in [-0.1, -0.05) is 23.5 Å². The highest BCUT2D eigenvalue weighted by Crippen LogP contribution is 2.16. The van der Waals surface area contributed by atoms with E-state index in [1.54, 1.807) is 17.9 Å². The highest BCUT2D eigenvalue weighted by atomic mass is 32.1. The van der Waals surface area contributed by atoms with Crippen molar-refractivity contribution in [2.75, 3.05) is 0 Å². The maximum Gasteiger partial charge on any atom is 0.308 e. The van der Waals surface area contributed by atoms with Gasteiger partial charge in [-0.3, -0.25) is 18.8 Å². The Morgan fingerprint density at radius 2 is 2.16 bits per heavy atom. The molecule has 96 valence electrons. The molecule has 0 bridgehead atoms. The van der Waals surface area contributed by atoms with Crippen LogP contribution in [0.4, 0.5) is 0 Å². The Bertz CT molecular complexity index is 813. The molecule has 0 radical (unpaired) electrons. The Balaban J connectivity index is 2.00. The number of thiazole rings is 1. The standard InChI is InChI=1S/C13H11N3O2S/c1-15-7-9(6-14-15)11(17)8-16-10-4-2-3-5-12(10)19-13(16)18/h2-7H,8H2,1H3. The van der Waals surface area contributed by atoms with Gasteiger partial charge >= 0.3 is 4.87 Å². The number of hydrogen-bond donors (Lipinski definition) is 0. The summed E-state index contributed by atoms with van der Waals surface area (Å²) in [5, 5.41) is 3.96. The number of aryl methyl sites for hydroxylation is 1. The fourth-order valence-electron chi connectivity index (χ4n) is 1.96. The lowest BCUT2D eigenvalue weighted by Gasteiger charge is -2.01. The Hall–Kier alpha value is -2.21. The second-order valence-electron chi connectivity index (χ2n) is 4.25. The van der Waals surface area contributed by atoms with Gasteiger partial charge in [0.15, 0.2) is 5.78 Å². The van der Waals surface area contributed by atoms with Gasteiger partial charge in [0, 0.05) is 13.2 Å². The summed E-state index contributed by atoms with van der Waals surface area (Å²) in [6.45, 7) is 0.0501.